The molecule has 14 heavy (non-hydrogen) atoms. The summed E-state index contributed by atoms with van der Waals surface area (Å²) in [6.07, 6.45) is 6.69. The van der Waals surface area contributed by atoms with Crippen LogP contribution in [-0.4, -0.2) is 27.7 Å². The van der Waals surface area contributed by atoms with E-state index in [9.17, 15) is 5.11 Å². The molecule has 78 valence electrons. The first-order valence-electron chi connectivity index (χ1n) is 5.22. The molecule has 2 rings (SSSR count). The zero-order valence-electron chi connectivity index (χ0n) is 8.24. The second kappa shape index (κ2) is 4.57. The highest BCUT2D eigenvalue weighted by molar-refractivity contribution is 4.93. The Morgan fingerprint density at radius 1 is 1.57 bits per heavy atom. The number of aromatic amines is 1. The molecule has 1 heterocycles. The predicted molar refractivity (Wildman–Crippen MR) is 53.6 cm³/mol. The van der Waals surface area contributed by atoms with Crippen molar-refractivity contribution in [2.45, 2.75) is 31.9 Å². The average Bonchev–Trinajstić information content (AvgIpc) is 2.78. The number of imidazole rings is 1. The number of aliphatic hydroxyl groups is 1. The Labute approximate surface area is 83.8 Å². The fourth-order valence-corrected chi connectivity index (χ4v) is 2.03. The third kappa shape index (κ3) is 2.33. The van der Waals surface area contributed by atoms with Crippen LogP contribution in [0.5, 0.6) is 0 Å². The molecule has 1 aromatic heterocycles. The quantitative estimate of drug-likeness (QED) is 0.661. The molecule has 4 nitrogen and oxygen atoms in total. The Balaban J connectivity index is 1.68. The maximum Gasteiger partial charge on any atom is 0.0922 e. The van der Waals surface area contributed by atoms with Crippen molar-refractivity contribution in [3.8, 4) is 0 Å². The molecule has 0 radical (unpaired) electrons. The second-order valence-corrected chi connectivity index (χ2v) is 3.97. The van der Waals surface area contributed by atoms with E-state index in [1.165, 1.54) is 0 Å². The standard InChI is InChI=1S/C10H17N3O/c14-10-3-1-2-8(10)4-11-5-9-6-12-7-13-9/h6-8,10-11,14H,1-5H2,(H,12,13). The molecule has 2 atom stereocenters. The van der Waals surface area contributed by atoms with Crippen molar-refractivity contribution >= 4 is 0 Å². The molecule has 0 aromatic carbocycles. The van der Waals surface area contributed by atoms with Crippen LogP contribution in [0, 0.1) is 5.92 Å². The minimum absolute atomic E-state index is 0.0933. The van der Waals surface area contributed by atoms with Gasteiger partial charge in [0.05, 0.1) is 12.4 Å². The molecule has 1 aliphatic carbocycles. The zero-order valence-corrected chi connectivity index (χ0v) is 8.24. The van der Waals surface area contributed by atoms with E-state index in [0.717, 1.165) is 38.0 Å². The van der Waals surface area contributed by atoms with Crippen molar-refractivity contribution < 1.29 is 5.11 Å². The summed E-state index contributed by atoms with van der Waals surface area (Å²) in [7, 11) is 0. The number of H-pyrrole nitrogens is 1. The summed E-state index contributed by atoms with van der Waals surface area (Å²) in [5, 5.41) is 12.9. The lowest BCUT2D eigenvalue weighted by Gasteiger charge is -2.14. The fraction of sp³-hybridized carbons (Fsp3) is 0.700. The van der Waals surface area contributed by atoms with Gasteiger partial charge in [-0.1, -0.05) is 6.42 Å². The highest BCUT2D eigenvalue weighted by Crippen LogP contribution is 2.24. The van der Waals surface area contributed by atoms with Gasteiger partial charge in [0.1, 0.15) is 0 Å². The third-order valence-corrected chi connectivity index (χ3v) is 2.90. The van der Waals surface area contributed by atoms with Crippen LogP contribution >= 0.6 is 0 Å². The number of hydrogen-bond acceptors (Lipinski definition) is 3. The maximum atomic E-state index is 9.59. The molecule has 4 heteroatoms. The molecule has 1 aliphatic rings. The van der Waals surface area contributed by atoms with Gasteiger partial charge in [-0.3, -0.25) is 0 Å². The Morgan fingerprint density at radius 3 is 3.14 bits per heavy atom. The van der Waals surface area contributed by atoms with Gasteiger partial charge >= 0.3 is 0 Å². The topological polar surface area (TPSA) is 60.9 Å². The van der Waals surface area contributed by atoms with E-state index < -0.39 is 0 Å². The van der Waals surface area contributed by atoms with Crippen molar-refractivity contribution in [3.05, 3.63) is 18.2 Å². The van der Waals surface area contributed by atoms with Gasteiger partial charge in [0.15, 0.2) is 0 Å². The van der Waals surface area contributed by atoms with Crippen LogP contribution in [-0.2, 0) is 6.54 Å². The van der Waals surface area contributed by atoms with Crippen molar-refractivity contribution in [2.24, 2.45) is 5.92 Å². The van der Waals surface area contributed by atoms with Crippen molar-refractivity contribution in [2.75, 3.05) is 6.54 Å². The number of rotatable bonds is 4. The maximum absolute atomic E-state index is 9.59. The Hall–Kier alpha value is -0.870. The van der Waals surface area contributed by atoms with Crippen LogP contribution in [0.1, 0.15) is 25.0 Å². The van der Waals surface area contributed by atoms with Crippen LogP contribution in [0.3, 0.4) is 0 Å². The molecule has 1 saturated carbocycles. The number of nitrogens with zero attached hydrogens (tertiary/aromatic N) is 1. The van der Waals surface area contributed by atoms with Gasteiger partial charge < -0.3 is 15.4 Å². The Morgan fingerprint density at radius 2 is 2.50 bits per heavy atom. The molecule has 0 aliphatic heterocycles. The van der Waals surface area contributed by atoms with Crippen LogP contribution in [0.15, 0.2) is 12.5 Å². The smallest absolute Gasteiger partial charge is 0.0922 e. The molecular formula is C10H17N3O. The molecule has 0 bridgehead atoms. The number of nitrogens with one attached hydrogen (secondary N) is 2. The molecule has 3 N–H and O–H groups in total. The molecule has 2 unspecified atom stereocenters. The van der Waals surface area contributed by atoms with E-state index in [1.54, 1.807) is 6.33 Å². The molecule has 0 spiro atoms. The summed E-state index contributed by atoms with van der Waals surface area (Å²) in [5.41, 5.74) is 1.09. The lowest BCUT2D eigenvalue weighted by molar-refractivity contribution is 0.131. The van der Waals surface area contributed by atoms with Crippen molar-refractivity contribution in [3.63, 3.8) is 0 Å². The lowest BCUT2D eigenvalue weighted by atomic mass is 10.1. The van der Waals surface area contributed by atoms with Gasteiger partial charge in [-0.2, -0.15) is 0 Å². The van der Waals surface area contributed by atoms with Crippen molar-refractivity contribution in [1.82, 2.24) is 15.3 Å². The summed E-state index contributed by atoms with van der Waals surface area (Å²) >= 11 is 0. The first-order valence-corrected chi connectivity index (χ1v) is 5.22. The molecule has 0 saturated heterocycles. The van der Waals surface area contributed by atoms with Gasteiger partial charge in [0.25, 0.3) is 0 Å². The summed E-state index contributed by atoms with van der Waals surface area (Å²) in [4.78, 5) is 6.98. The first kappa shape index (κ1) is 9.68. The van der Waals surface area contributed by atoms with E-state index >= 15 is 0 Å². The second-order valence-electron chi connectivity index (χ2n) is 3.97. The van der Waals surface area contributed by atoms with Crippen molar-refractivity contribution in [1.29, 1.82) is 0 Å². The first-order chi connectivity index (χ1) is 6.86. The third-order valence-electron chi connectivity index (χ3n) is 2.90. The van der Waals surface area contributed by atoms with Gasteiger partial charge in [0, 0.05) is 25.0 Å². The summed E-state index contributed by atoms with van der Waals surface area (Å²) in [6.45, 7) is 1.71. The van der Waals surface area contributed by atoms with Crippen LogP contribution in [0.4, 0.5) is 0 Å². The monoisotopic (exact) mass is 195 g/mol. The zero-order chi connectivity index (χ0) is 9.80. The average molecular weight is 195 g/mol. The highest BCUT2D eigenvalue weighted by Gasteiger charge is 2.24. The number of aromatic nitrogens is 2. The minimum atomic E-state index is -0.0933. The van der Waals surface area contributed by atoms with E-state index in [2.05, 4.69) is 15.3 Å². The Kier molecular flexibility index (Phi) is 3.16. The highest BCUT2D eigenvalue weighted by atomic mass is 16.3. The number of hydrogen-bond donors (Lipinski definition) is 3. The molecular weight excluding hydrogens is 178 g/mol. The number of aliphatic hydroxyl groups excluding tert-OH is 1. The van der Waals surface area contributed by atoms with Crippen LogP contribution < -0.4 is 5.32 Å². The van der Waals surface area contributed by atoms with Crippen LogP contribution in [0.2, 0.25) is 0 Å². The Bertz CT molecular complexity index is 260. The largest absolute Gasteiger partial charge is 0.393 e. The predicted octanol–water partition coefficient (Wildman–Crippen LogP) is 0.660. The lowest BCUT2D eigenvalue weighted by Crippen LogP contribution is -2.27. The molecule has 1 aromatic rings. The summed E-state index contributed by atoms with van der Waals surface area (Å²) < 4.78 is 0. The fourth-order valence-electron chi connectivity index (χ4n) is 2.03. The molecule has 0 amide bonds. The van der Waals surface area contributed by atoms with E-state index in [4.69, 9.17) is 0 Å². The molecule has 1 fully saturated rings. The van der Waals surface area contributed by atoms with Crippen LogP contribution in [0.25, 0.3) is 0 Å². The van der Waals surface area contributed by atoms with Gasteiger partial charge in [0.2, 0.25) is 0 Å². The minimum Gasteiger partial charge on any atom is -0.393 e. The van der Waals surface area contributed by atoms with Gasteiger partial charge in [-0.25, -0.2) is 4.98 Å². The summed E-state index contributed by atoms with van der Waals surface area (Å²) in [6, 6.07) is 0. The SMILES string of the molecule is OC1CCCC1CNCc1cnc[nH]1. The normalized spacial score (nSPS) is 26.9. The van der Waals surface area contributed by atoms with Gasteiger partial charge in [-0.15, -0.1) is 0 Å². The van der Waals surface area contributed by atoms with E-state index in [1.807, 2.05) is 6.20 Å². The van der Waals surface area contributed by atoms with E-state index in [0.29, 0.717) is 5.92 Å². The van der Waals surface area contributed by atoms with Gasteiger partial charge in [-0.05, 0) is 18.8 Å². The summed E-state index contributed by atoms with van der Waals surface area (Å²) in [5.74, 6) is 0.443. The van der Waals surface area contributed by atoms with E-state index in [-0.39, 0.29) is 6.10 Å².